The van der Waals surface area contributed by atoms with E-state index < -0.39 is 119 Å². The molecule has 0 saturated carbocycles. The molecule has 0 aliphatic carbocycles. The predicted molar refractivity (Wildman–Crippen MR) is 545 cm³/mol. The van der Waals surface area contributed by atoms with Gasteiger partial charge in [-0.1, -0.05) is 97.1 Å². The standard InChI is InChI=1S/C26H29N3O5S.C18H21NO7.C17H22N2O4S.C14H23N3O4S.C12H14N2OS.C9H14N2O2S.C4H3NOS/c1-34-19-11-9-17(10-12-19)14-20-15-27-22(35-20)16-28-25(32)23(30)24(31)26(33)29-13-5-8-21(29)18-6-3-2-4-7-18;1-11(20)25-15(16(18(23)24)26-12(2)21)17(22)19-10-6-9-14(19)13-7-4-3-5-8-13;1-17(2,3)23-16(21)19-10-14-18-9-13(24-14)15(20)11-5-7-12(22-4)8-6-11;1-13(2,3)20-11(18)16-9(10-15-7-8-22-10)17-12(19)21-14(4,5)6;1-15-10-4-2-9(3-5-10)6-11-8-14-12(7-13)16-11;1-9(2,3)13-8(12)11-6-7-10-4-5-14-7;6-3-4-5-1-2-7-4/h2-4,6-7,9-12,15,21,23-24,30-31H,5,8,13-14,16H2,1H3,(H,28,32);3-5,7-8,14-16H,6,9-10H2,1-2H3,(H,23,24);5-9,15,20H,10H2,1-4H3,(H,19,21);7-9H,1-6H3,(H,16,18)(H,17,19);2-5,8H,6-7,13H2,1H3;4-5H,6H2,1-3H3,(H,11,12);1-3H/t21?,23-,24-;14?,15-,16-;;;;;/m11...../s1. The molecule has 7 atom stereocenters. The first kappa shape index (κ1) is 118. The molecule has 8 heterocycles. The Kier molecular flexibility index (Phi) is 47.8. The number of ether oxygens (including phenoxy) is 9. The SMILES string of the molecule is CC(=O)O[C@@H](C(=O)O)[C@@H](OC(C)=O)C(=O)N1CCCC1c1ccccc1.CC(C)(C)OC(=O)NC(NC(=O)OC(C)(C)C)c1nccs1.CC(C)(C)OC(=O)NCc1nccs1.COc1ccc(C(O)c2cnc(CNC(=O)OC(C)(C)C)s2)cc1.COc1ccc(Cc2cnc(CN)s2)cc1.COc1ccc(Cc2cnc(CNC(=O)[C@H](O)[C@@H](O)C(=O)N3CCCC3c3ccccc3)s2)cc1.O=Cc1nccs1. The summed E-state index contributed by atoms with van der Waals surface area (Å²) in [4.78, 5) is 159. The first-order valence-corrected chi connectivity index (χ1v) is 50.4. The molecule has 0 radical (unpaired) electrons. The van der Waals surface area contributed by atoms with Gasteiger partial charge in [0.2, 0.25) is 12.2 Å². The normalized spacial score (nSPS) is 14.1. The van der Waals surface area contributed by atoms with Crippen LogP contribution in [-0.4, -0.2) is 208 Å². The number of hydrogen-bond acceptors (Lipinski definition) is 36. The monoisotopic (exact) mass is 2100 g/mol. The van der Waals surface area contributed by atoms with Crippen LogP contribution in [0.25, 0.3) is 0 Å². The molecule has 44 heteroatoms. The maximum atomic E-state index is 13.0. The van der Waals surface area contributed by atoms with Crippen molar-refractivity contribution in [3.05, 3.63) is 259 Å². The second-order valence-electron chi connectivity index (χ2n) is 35.5. The molecule has 0 spiro atoms. The Morgan fingerprint density at radius 2 is 0.875 bits per heavy atom. The largest absolute Gasteiger partial charge is 0.497 e. The zero-order valence-electron chi connectivity index (χ0n) is 83.1. The van der Waals surface area contributed by atoms with Crippen molar-refractivity contribution in [2.75, 3.05) is 34.4 Å². The Balaban J connectivity index is 0.000000236. The molecule has 144 heavy (non-hydrogen) atoms. The number of carbonyl (C=O) groups is 11. The lowest BCUT2D eigenvalue weighted by atomic mass is 10.0. The highest BCUT2D eigenvalue weighted by molar-refractivity contribution is 7.12. The number of likely N-dealkylation sites (tertiary alicyclic amines) is 2. The van der Waals surface area contributed by atoms with E-state index in [-0.39, 0.29) is 25.2 Å². The smallest absolute Gasteiger partial charge is 0.409 e. The van der Waals surface area contributed by atoms with Gasteiger partial charge in [0.15, 0.2) is 29.7 Å². The van der Waals surface area contributed by atoms with Crippen molar-refractivity contribution in [2.45, 2.75) is 233 Å². The van der Waals surface area contributed by atoms with Gasteiger partial charge < -0.3 is 94.5 Å². The number of thiazole rings is 6. The third kappa shape index (κ3) is 42.7. The minimum absolute atomic E-state index is 0.0977. The summed E-state index contributed by atoms with van der Waals surface area (Å²) in [6, 6.07) is 41.5. The van der Waals surface area contributed by atoms with Gasteiger partial charge in [0, 0.05) is 109 Å². The number of aldehydes is 1. The van der Waals surface area contributed by atoms with E-state index in [0.717, 1.165) is 100 Å². The number of esters is 2. The average Bonchev–Trinajstić information content (AvgIpc) is 1.66. The molecule has 0 bridgehead atoms. The molecule has 38 nitrogen and oxygen atoms in total. The van der Waals surface area contributed by atoms with Crippen LogP contribution in [-0.2, 0) is 96.2 Å². The minimum atomic E-state index is -1.90. The molecule has 6 aromatic heterocycles. The van der Waals surface area contributed by atoms with E-state index in [1.165, 1.54) is 72.0 Å². The van der Waals surface area contributed by atoms with Crippen LogP contribution in [0.15, 0.2) is 187 Å². The Morgan fingerprint density at radius 1 is 0.465 bits per heavy atom. The number of nitrogens with two attached hydrogens (primary N) is 1. The molecule has 11 N–H and O–H groups in total. The van der Waals surface area contributed by atoms with Crippen molar-refractivity contribution in [2.24, 2.45) is 5.73 Å². The fourth-order valence-corrected chi connectivity index (χ4v) is 17.4. The lowest BCUT2D eigenvalue weighted by Gasteiger charge is -2.30. The summed E-state index contributed by atoms with van der Waals surface area (Å²) in [7, 11) is 4.89. The lowest BCUT2D eigenvalue weighted by molar-refractivity contribution is -0.183. The molecular formula is C100H126N14O24S6. The number of aliphatic hydroxyl groups excluding tert-OH is 3. The molecular weight excluding hydrogens is 1970 g/mol. The van der Waals surface area contributed by atoms with E-state index in [2.05, 4.69) is 68.6 Å². The number of alkyl carbamates (subject to hydrolysis) is 4. The molecule has 7 amide bonds. The van der Waals surface area contributed by atoms with Gasteiger partial charge in [-0.2, -0.15) is 0 Å². The third-order valence-electron chi connectivity index (χ3n) is 19.4. The van der Waals surface area contributed by atoms with Crippen molar-refractivity contribution in [1.29, 1.82) is 0 Å². The average molecular weight is 2100 g/mol. The van der Waals surface area contributed by atoms with Gasteiger partial charge in [0.1, 0.15) is 70.8 Å². The number of rotatable bonds is 30. The summed E-state index contributed by atoms with van der Waals surface area (Å²) >= 11 is 8.61. The number of amides is 7. The number of carboxylic acid groups (broad SMARTS) is 1. The highest BCUT2D eigenvalue weighted by Gasteiger charge is 2.45. The minimum Gasteiger partial charge on any atom is -0.497 e. The number of nitrogens with one attached hydrogen (secondary N) is 5. The highest BCUT2D eigenvalue weighted by atomic mass is 32.1. The molecule has 2 saturated heterocycles. The van der Waals surface area contributed by atoms with E-state index in [0.29, 0.717) is 63.9 Å². The fourth-order valence-electron chi connectivity index (χ4n) is 13.2. The summed E-state index contributed by atoms with van der Waals surface area (Å²) in [5.74, 6) is -3.02. The Bertz CT molecular complexity index is 5750. The van der Waals surface area contributed by atoms with Crippen LogP contribution in [0.1, 0.15) is 224 Å². The van der Waals surface area contributed by atoms with Crippen LogP contribution in [0.3, 0.4) is 0 Å². The molecule has 5 aromatic carbocycles. The number of benzene rings is 5. The Morgan fingerprint density at radius 3 is 1.28 bits per heavy atom. The maximum absolute atomic E-state index is 13.0. The van der Waals surface area contributed by atoms with E-state index >= 15 is 0 Å². The zero-order chi connectivity index (χ0) is 106. The van der Waals surface area contributed by atoms with Crippen molar-refractivity contribution in [3.63, 3.8) is 0 Å². The maximum Gasteiger partial charge on any atom is 0.409 e. The quantitative estimate of drug-likeness (QED) is 0.00865. The van der Waals surface area contributed by atoms with Crippen LogP contribution in [0, 0.1) is 0 Å². The molecule has 2 fully saturated rings. The van der Waals surface area contributed by atoms with E-state index in [4.69, 9.17) is 48.4 Å². The van der Waals surface area contributed by atoms with Gasteiger partial charge in [-0.3, -0.25) is 39.4 Å². The van der Waals surface area contributed by atoms with E-state index in [1.807, 2.05) is 142 Å². The summed E-state index contributed by atoms with van der Waals surface area (Å²) in [6.45, 7) is 25.7. The lowest BCUT2D eigenvalue weighted by Crippen LogP contribution is -2.51. The number of hydrogen-bond donors (Lipinski definition) is 10. The Hall–Kier alpha value is -13.3. The zero-order valence-corrected chi connectivity index (χ0v) is 88.0. The molecule has 2 aliphatic rings. The molecule has 776 valence electrons. The predicted octanol–water partition coefficient (Wildman–Crippen LogP) is 15.5. The van der Waals surface area contributed by atoms with Crippen molar-refractivity contribution >= 4 is 134 Å². The van der Waals surface area contributed by atoms with Crippen LogP contribution >= 0.6 is 68.0 Å². The van der Waals surface area contributed by atoms with E-state index in [1.54, 1.807) is 154 Å². The molecule has 3 unspecified atom stereocenters. The summed E-state index contributed by atoms with van der Waals surface area (Å²) in [5.41, 5.74) is 8.26. The van der Waals surface area contributed by atoms with Crippen molar-refractivity contribution in [3.8, 4) is 17.2 Å². The van der Waals surface area contributed by atoms with Crippen molar-refractivity contribution < 1.29 is 116 Å². The van der Waals surface area contributed by atoms with Gasteiger partial charge in [-0.25, -0.2) is 53.9 Å². The first-order chi connectivity index (χ1) is 68.2. The van der Waals surface area contributed by atoms with Gasteiger partial charge in [-0.05, 0) is 173 Å². The number of nitrogens with zero attached hydrogens (tertiary/aromatic N) is 8. The van der Waals surface area contributed by atoms with Gasteiger partial charge >= 0.3 is 42.3 Å². The Labute approximate surface area is 860 Å². The van der Waals surface area contributed by atoms with Crippen LogP contribution in [0.2, 0.25) is 0 Å². The number of aliphatic carboxylic acids is 1. The van der Waals surface area contributed by atoms with Gasteiger partial charge in [0.25, 0.3) is 17.7 Å². The van der Waals surface area contributed by atoms with Gasteiger partial charge in [-0.15, -0.1) is 68.0 Å². The topological polar surface area (TPSA) is 522 Å². The van der Waals surface area contributed by atoms with Crippen molar-refractivity contribution in [1.82, 2.24) is 66.3 Å². The van der Waals surface area contributed by atoms with E-state index in [9.17, 15) is 73.2 Å². The second kappa shape index (κ2) is 58.5. The second-order valence-corrected chi connectivity index (χ2v) is 41.8. The molecule has 13 rings (SSSR count). The number of carboxylic acids is 1. The molecule has 11 aromatic rings. The fraction of sp³-hybridized carbons (Fsp3) is 0.410. The summed E-state index contributed by atoms with van der Waals surface area (Å²) in [6.07, 6.45) is 4.39. The number of aromatic nitrogens is 6. The summed E-state index contributed by atoms with van der Waals surface area (Å²) in [5, 5.41) is 63.2. The number of methoxy groups -OCH3 is 3. The number of aliphatic hydroxyl groups is 3. The highest BCUT2D eigenvalue weighted by Crippen LogP contribution is 2.36. The van der Waals surface area contributed by atoms with Crippen LogP contribution in [0.4, 0.5) is 19.2 Å². The van der Waals surface area contributed by atoms with Crippen LogP contribution < -0.4 is 46.5 Å². The third-order valence-corrected chi connectivity index (χ3v) is 24.8. The van der Waals surface area contributed by atoms with Gasteiger partial charge in [0.05, 0.1) is 57.9 Å². The number of carbonyl (C=O) groups excluding carboxylic acids is 10. The summed E-state index contributed by atoms with van der Waals surface area (Å²) < 4.78 is 45.7. The first-order valence-electron chi connectivity index (χ1n) is 45.3. The van der Waals surface area contributed by atoms with Crippen LogP contribution in [0.5, 0.6) is 17.2 Å². The molecule has 2 aliphatic heterocycles.